The van der Waals surface area contributed by atoms with E-state index < -0.39 is 0 Å². The van der Waals surface area contributed by atoms with E-state index in [2.05, 4.69) is 5.10 Å². The van der Waals surface area contributed by atoms with Crippen LogP contribution in [0.25, 0.3) is 11.3 Å². The molecule has 88 valence electrons. The van der Waals surface area contributed by atoms with Crippen molar-refractivity contribution in [2.24, 2.45) is 7.05 Å². The molecule has 0 saturated carbocycles. The number of methoxy groups -OCH3 is 1. The average Bonchev–Trinajstić information content (AvgIpc) is 2.74. The van der Waals surface area contributed by atoms with Gasteiger partial charge in [-0.2, -0.15) is 5.10 Å². The number of ether oxygens (including phenoxy) is 1. The van der Waals surface area contributed by atoms with Gasteiger partial charge in [-0.15, -0.1) is 0 Å². The maximum atomic E-state index is 11.7. The van der Waals surface area contributed by atoms with Crippen LogP contribution >= 0.6 is 0 Å². The first kappa shape index (κ1) is 11.4. The molecule has 0 aliphatic carbocycles. The van der Waals surface area contributed by atoms with Crippen molar-refractivity contribution in [3.05, 3.63) is 41.6 Å². The monoisotopic (exact) mass is 230 g/mol. The van der Waals surface area contributed by atoms with Gasteiger partial charge in [0.05, 0.1) is 18.4 Å². The van der Waals surface area contributed by atoms with Crippen LogP contribution in [0.1, 0.15) is 15.9 Å². The zero-order valence-electron chi connectivity index (χ0n) is 10.1. The van der Waals surface area contributed by atoms with Crippen LogP contribution in [0.5, 0.6) is 0 Å². The van der Waals surface area contributed by atoms with Crippen LogP contribution in [0.2, 0.25) is 0 Å². The van der Waals surface area contributed by atoms with Crippen LogP contribution in [-0.2, 0) is 11.8 Å². The van der Waals surface area contributed by atoms with Crippen LogP contribution in [0, 0.1) is 6.92 Å². The summed E-state index contributed by atoms with van der Waals surface area (Å²) in [5.74, 6) is -0.339. The predicted molar refractivity (Wildman–Crippen MR) is 64.7 cm³/mol. The minimum atomic E-state index is -0.339. The molecule has 0 atom stereocenters. The van der Waals surface area contributed by atoms with E-state index in [0.717, 1.165) is 16.8 Å². The van der Waals surface area contributed by atoms with Crippen molar-refractivity contribution in [2.75, 3.05) is 7.11 Å². The summed E-state index contributed by atoms with van der Waals surface area (Å²) in [6.07, 6.45) is 1.84. The lowest BCUT2D eigenvalue weighted by Crippen LogP contribution is -2.04. The smallest absolute Gasteiger partial charge is 0.338 e. The van der Waals surface area contributed by atoms with Crippen LogP contribution < -0.4 is 0 Å². The van der Waals surface area contributed by atoms with Crippen molar-refractivity contribution in [1.82, 2.24) is 9.78 Å². The summed E-state index contributed by atoms with van der Waals surface area (Å²) in [7, 11) is 3.22. The van der Waals surface area contributed by atoms with Gasteiger partial charge in [-0.1, -0.05) is 17.7 Å². The molecular formula is C13H14N2O2. The van der Waals surface area contributed by atoms with Gasteiger partial charge < -0.3 is 4.74 Å². The molecule has 0 spiro atoms. The minimum Gasteiger partial charge on any atom is -0.465 e. The molecule has 0 N–H and O–H groups in total. The fraction of sp³-hybridized carbons (Fsp3) is 0.231. The van der Waals surface area contributed by atoms with Gasteiger partial charge in [-0.25, -0.2) is 4.79 Å². The second-order valence-electron chi connectivity index (χ2n) is 3.92. The Kier molecular flexibility index (Phi) is 2.95. The number of rotatable bonds is 2. The third-order valence-corrected chi connectivity index (χ3v) is 2.57. The summed E-state index contributed by atoms with van der Waals surface area (Å²) >= 11 is 0. The minimum absolute atomic E-state index is 0.339. The van der Waals surface area contributed by atoms with Gasteiger partial charge in [0, 0.05) is 18.8 Å². The molecule has 4 nitrogen and oxygen atoms in total. The van der Waals surface area contributed by atoms with Gasteiger partial charge in [0.15, 0.2) is 0 Å². The third-order valence-electron chi connectivity index (χ3n) is 2.57. The fourth-order valence-corrected chi connectivity index (χ4v) is 1.72. The van der Waals surface area contributed by atoms with Gasteiger partial charge in [-0.05, 0) is 19.1 Å². The summed E-state index contributed by atoms with van der Waals surface area (Å²) in [4.78, 5) is 11.7. The molecule has 0 unspecified atom stereocenters. The molecular weight excluding hydrogens is 216 g/mol. The topological polar surface area (TPSA) is 44.1 Å². The Morgan fingerprint density at radius 3 is 2.71 bits per heavy atom. The zero-order chi connectivity index (χ0) is 12.4. The first-order chi connectivity index (χ1) is 8.11. The quantitative estimate of drug-likeness (QED) is 0.743. The number of benzene rings is 1. The van der Waals surface area contributed by atoms with Crippen molar-refractivity contribution < 1.29 is 9.53 Å². The van der Waals surface area contributed by atoms with Crippen molar-refractivity contribution in [3.63, 3.8) is 0 Å². The number of hydrogen-bond donors (Lipinski definition) is 0. The van der Waals surface area contributed by atoms with E-state index in [-0.39, 0.29) is 5.97 Å². The highest BCUT2D eigenvalue weighted by molar-refractivity contribution is 5.96. The highest BCUT2D eigenvalue weighted by atomic mass is 16.5. The number of esters is 1. The molecule has 4 heteroatoms. The van der Waals surface area contributed by atoms with Gasteiger partial charge in [-0.3, -0.25) is 4.68 Å². The van der Waals surface area contributed by atoms with Crippen molar-refractivity contribution in [1.29, 1.82) is 0 Å². The second kappa shape index (κ2) is 4.41. The summed E-state index contributed by atoms with van der Waals surface area (Å²) in [5.41, 5.74) is 3.13. The molecule has 0 aliphatic rings. The Bertz CT molecular complexity index is 558. The molecule has 0 amide bonds. The molecule has 0 aliphatic heterocycles. The fourth-order valence-electron chi connectivity index (χ4n) is 1.72. The normalized spacial score (nSPS) is 10.3. The van der Waals surface area contributed by atoms with Crippen LogP contribution in [0.15, 0.2) is 30.5 Å². The standard InChI is InChI=1S/C13H14N2O2/c1-9-4-5-10(11(8-9)13(16)17-3)12-6-7-15(2)14-12/h4-8H,1-3H3. The summed E-state index contributed by atoms with van der Waals surface area (Å²) in [5, 5.41) is 4.30. The molecule has 2 rings (SSSR count). The van der Waals surface area contributed by atoms with E-state index in [4.69, 9.17) is 4.74 Å². The van der Waals surface area contributed by atoms with Crippen molar-refractivity contribution in [2.45, 2.75) is 6.92 Å². The maximum Gasteiger partial charge on any atom is 0.338 e. The lowest BCUT2D eigenvalue weighted by Gasteiger charge is -2.06. The molecule has 1 heterocycles. The van der Waals surface area contributed by atoms with Crippen molar-refractivity contribution >= 4 is 5.97 Å². The summed E-state index contributed by atoms with van der Waals surface area (Å²) in [6, 6.07) is 7.54. The second-order valence-corrected chi connectivity index (χ2v) is 3.92. The maximum absolute atomic E-state index is 11.7. The van der Waals surface area contributed by atoms with Crippen LogP contribution in [-0.4, -0.2) is 22.9 Å². The highest BCUT2D eigenvalue weighted by Crippen LogP contribution is 2.23. The first-order valence-corrected chi connectivity index (χ1v) is 5.31. The number of hydrogen-bond acceptors (Lipinski definition) is 3. The van der Waals surface area contributed by atoms with E-state index in [1.54, 1.807) is 4.68 Å². The van der Waals surface area contributed by atoms with E-state index in [0.29, 0.717) is 5.56 Å². The Morgan fingerprint density at radius 1 is 1.35 bits per heavy atom. The number of aromatic nitrogens is 2. The number of carbonyl (C=O) groups excluding carboxylic acids is 1. The van der Waals surface area contributed by atoms with Gasteiger partial charge in [0.1, 0.15) is 0 Å². The highest BCUT2D eigenvalue weighted by Gasteiger charge is 2.14. The molecule has 0 fully saturated rings. The lowest BCUT2D eigenvalue weighted by molar-refractivity contribution is 0.0601. The summed E-state index contributed by atoms with van der Waals surface area (Å²) < 4.78 is 6.49. The third kappa shape index (κ3) is 2.20. The molecule has 17 heavy (non-hydrogen) atoms. The SMILES string of the molecule is COC(=O)c1cc(C)ccc1-c1ccn(C)n1. The summed E-state index contributed by atoms with van der Waals surface area (Å²) in [6.45, 7) is 1.94. The largest absolute Gasteiger partial charge is 0.465 e. The molecule has 0 saturated heterocycles. The van der Waals surface area contributed by atoms with Gasteiger partial charge >= 0.3 is 5.97 Å². The average molecular weight is 230 g/mol. The predicted octanol–water partition coefficient (Wildman–Crippen LogP) is 2.18. The van der Waals surface area contributed by atoms with E-state index in [1.165, 1.54) is 7.11 Å². The Labute approximate surface area is 99.8 Å². The molecule has 1 aromatic heterocycles. The molecule has 0 radical (unpaired) electrons. The van der Waals surface area contributed by atoms with E-state index in [1.807, 2.05) is 44.4 Å². The van der Waals surface area contributed by atoms with Crippen LogP contribution in [0.3, 0.4) is 0 Å². The molecule has 0 bridgehead atoms. The molecule has 1 aromatic carbocycles. The Balaban J connectivity index is 2.57. The van der Waals surface area contributed by atoms with Gasteiger partial charge in [0.2, 0.25) is 0 Å². The zero-order valence-corrected chi connectivity index (χ0v) is 10.1. The molecule has 2 aromatic rings. The van der Waals surface area contributed by atoms with Crippen molar-refractivity contribution in [3.8, 4) is 11.3 Å². The van der Waals surface area contributed by atoms with Gasteiger partial charge in [0.25, 0.3) is 0 Å². The number of aryl methyl sites for hydroxylation is 2. The van der Waals surface area contributed by atoms with E-state index >= 15 is 0 Å². The Hall–Kier alpha value is -2.10. The lowest BCUT2D eigenvalue weighted by atomic mass is 10.0. The van der Waals surface area contributed by atoms with E-state index in [9.17, 15) is 4.79 Å². The first-order valence-electron chi connectivity index (χ1n) is 5.31. The number of nitrogens with zero attached hydrogens (tertiary/aromatic N) is 2. The van der Waals surface area contributed by atoms with Crippen LogP contribution in [0.4, 0.5) is 0 Å². The number of carbonyl (C=O) groups is 1. The Morgan fingerprint density at radius 2 is 2.12 bits per heavy atom.